The summed E-state index contributed by atoms with van der Waals surface area (Å²) in [5, 5.41) is 0. The maximum atomic E-state index is 13.7. The van der Waals surface area contributed by atoms with Crippen LogP contribution in [0, 0.1) is 11.6 Å². The van der Waals surface area contributed by atoms with Crippen molar-refractivity contribution < 1.29 is 8.78 Å². The number of nitrogen functional groups attached to an aromatic ring is 1. The first-order chi connectivity index (χ1) is 9.63. The van der Waals surface area contributed by atoms with Crippen LogP contribution in [0.1, 0.15) is 16.7 Å². The summed E-state index contributed by atoms with van der Waals surface area (Å²) in [5.74, 6) is -0.966. The Hall–Kier alpha value is -1.94. The third-order valence-corrected chi connectivity index (χ3v) is 3.77. The van der Waals surface area contributed by atoms with Gasteiger partial charge in [-0.25, -0.2) is 8.78 Å². The second-order valence-electron chi connectivity index (χ2n) is 5.19. The largest absolute Gasteiger partial charge is 0.399 e. The van der Waals surface area contributed by atoms with Crippen molar-refractivity contribution >= 4 is 5.69 Å². The van der Waals surface area contributed by atoms with Crippen LogP contribution in [0.3, 0.4) is 0 Å². The predicted molar refractivity (Wildman–Crippen MR) is 75.0 cm³/mol. The van der Waals surface area contributed by atoms with Gasteiger partial charge < -0.3 is 5.73 Å². The van der Waals surface area contributed by atoms with E-state index in [-0.39, 0.29) is 12.1 Å². The minimum Gasteiger partial charge on any atom is -0.399 e. The number of anilines is 1. The van der Waals surface area contributed by atoms with E-state index >= 15 is 0 Å². The lowest BCUT2D eigenvalue weighted by Crippen LogP contribution is -2.30. The third-order valence-electron chi connectivity index (χ3n) is 3.77. The van der Waals surface area contributed by atoms with E-state index < -0.39 is 11.6 Å². The van der Waals surface area contributed by atoms with Crippen LogP contribution in [0.5, 0.6) is 0 Å². The topological polar surface area (TPSA) is 29.3 Å². The van der Waals surface area contributed by atoms with Crippen LogP contribution in [0.4, 0.5) is 14.5 Å². The summed E-state index contributed by atoms with van der Waals surface area (Å²) in [5.41, 5.74) is 9.07. The number of fused-ring (bicyclic) bond motifs is 1. The smallest absolute Gasteiger partial charge is 0.130 e. The van der Waals surface area contributed by atoms with Crippen LogP contribution in [-0.2, 0) is 19.5 Å². The molecule has 1 aliphatic rings. The molecule has 20 heavy (non-hydrogen) atoms. The molecule has 0 bridgehead atoms. The number of hydrogen-bond donors (Lipinski definition) is 1. The highest BCUT2D eigenvalue weighted by Gasteiger charge is 2.19. The maximum absolute atomic E-state index is 13.7. The Labute approximate surface area is 116 Å². The fourth-order valence-corrected chi connectivity index (χ4v) is 2.68. The SMILES string of the molecule is Nc1ccc2c(c1)CN(Cc1c(F)cccc1F)CC2. The van der Waals surface area contributed by atoms with Gasteiger partial charge in [-0.15, -0.1) is 0 Å². The number of hydrogen-bond acceptors (Lipinski definition) is 2. The van der Waals surface area contributed by atoms with E-state index in [9.17, 15) is 8.78 Å². The van der Waals surface area contributed by atoms with Crippen LogP contribution in [0.25, 0.3) is 0 Å². The molecule has 2 nitrogen and oxygen atoms in total. The van der Waals surface area contributed by atoms with Crippen molar-refractivity contribution in [3.63, 3.8) is 0 Å². The lowest BCUT2D eigenvalue weighted by molar-refractivity contribution is 0.238. The van der Waals surface area contributed by atoms with Gasteiger partial charge in [0, 0.05) is 30.9 Å². The van der Waals surface area contributed by atoms with Crippen LogP contribution in [-0.4, -0.2) is 11.4 Å². The molecule has 0 aliphatic carbocycles. The lowest BCUT2D eigenvalue weighted by atomic mass is 9.98. The minimum atomic E-state index is -0.483. The quantitative estimate of drug-likeness (QED) is 0.853. The highest BCUT2D eigenvalue weighted by atomic mass is 19.1. The average Bonchev–Trinajstić information content (AvgIpc) is 2.42. The van der Waals surface area contributed by atoms with Gasteiger partial charge in [0.2, 0.25) is 0 Å². The molecule has 0 saturated carbocycles. The monoisotopic (exact) mass is 274 g/mol. The van der Waals surface area contributed by atoms with Gasteiger partial charge in [0.15, 0.2) is 0 Å². The summed E-state index contributed by atoms with van der Waals surface area (Å²) < 4.78 is 27.4. The zero-order valence-corrected chi connectivity index (χ0v) is 11.1. The first-order valence-corrected chi connectivity index (χ1v) is 6.66. The van der Waals surface area contributed by atoms with E-state index in [4.69, 9.17) is 5.73 Å². The van der Waals surface area contributed by atoms with E-state index in [1.165, 1.54) is 23.8 Å². The zero-order chi connectivity index (χ0) is 14.1. The first kappa shape index (κ1) is 13.1. The van der Waals surface area contributed by atoms with Crippen LogP contribution in [0.15, 0.2) is 36.4 Å². The summed E-state index contributed by atoms with van der Waals surface area (Å²) in [4.78, 5) is 2.04. The van der Waals surface area contributed by atoms with E-state index in [1.807, 2.05) is 23.1 Å². The number of nitrogens with two attached hydrogens (primary N) is 1. The normalized spacial score (nSPS) is 15.1. The molecule has 0 saturated heterocycles. The van der Waals surface area contributed by atoms with Gasteiger partial charge in [0.05, 0.1) is 0 Å². The predicted octanol–water partition coefficient (Wildman–Crippen LogP) is 3.11. The highest BCUT2D eigenvalue weighted by molar-refractivity contribution is 5.45. The van der Waals surface area contributed by atoms with Crippen molar-refractivity contribution in [2.75, 3.05) is 12.3 Å². The molecule has 1 heterocycles. The molecule has 2 aromatic rings. The molecule has 0 amide bonds. The van der Waals surface area contributed by atoms with Gasteiger partial charge in [0.1, 0.15) is 11.6 Å². The first-order valence-electron chi connectivity index (χ1n) is 6.66. The Morgan fingerprint density at radius 2 is 1.80 bits per heavy atom. The van der Waals surface area contributed by atoms with Crippen molar-refractivity contribution in [1.29, 1.82) is 0 Å². The summed E-state index contributed by atoms with van der Waals surface area (Å²) in [7, 11) is 0. The summed E-state index contributed by atoms with van der Waals surface area (Å²) in [6.07, 6.45) is 0.881. The molecular weight excluding hydrogens is 258 g/mol. The van der Waals surface area contributed by atoms with Crippen molar-refractivity contribution in [2.45, 2.75) is 19.5 Å². The summed E-state index contributed by atoms with van der Waals surface area (Å²) in [6, 6.07) is 9.86. The Kier molecular flexibility index (Phi) is 3.40. The van der Waals surface area contributed by atoms with Crippen molar-refractivity contribution in [1.82, 2.24) is 4.90 Å². The van der Waals surface area contributed by atoms with E-state index in [2.05, 4.69) is 0 Å². The van der Waals surface area contributed by atoms with Crippen LogP contribution < -0.4 is 5.73 Å². The van der Waals surface area contributed by atoms with Crippen LogP contribution >= 0.6 is 0 Å². The van der Waals surface area contributed by atoms with E-state index in [0.717, 1.165) is 24.2 Å². The molecule has 0 unspecified atom stereocenters. The Bertz CT molecular complexity index is 620. The molecule has 0 aromatic heterocycles. The fraction of sp³-hybridized carbons (Fsp3) is 0.250. The molecule has 0 atom stereocenters. The lowest BCUT2D eigenvalue weighted by Gasteiger charge is -2.29. The van der Waals surface area contributed by atoms with Gasteiger partial charge >= 0.3 is 0 Å². The second kappa shape index (κ2) is 5.21. The molecule has 1 aliphatic heterocycles. The van der Waals surface area contributed by atoms with Crippen molar-refractivity contribution in [3.8, 4) is 0 Å². The van der Waals surface area contributed by atoms with Gasteiger partial charge in [0.25, 0.3) is 0 Å². The molecular formula is C16H16F2N2. The molecule has 2 N–H and O–H groups in total. The number of rotatable bonds is 2. The Morgan fingerprint density at radius 3 is 2.55 bits per heavy atom. The summed E-state index contributed by atoms with van der Waals surface area (Å²) >= 11 is 0. The third kappa shape index (κ3) is 2.51. The molecule has 0 spiro atoms. The molecule has 104 valence electrons. The Morgan fingerprint density at radius 1 is 1.05 bits per heavy atom. The average molecular weight is 274 g/mol. The zero-order valence-electron chi connectivity index (χ0n) is 11.1. The molecule has 0 fully saturated rings. The molecule has 4 heteroatoms. The maximum Gasteiger partial charge on any atom is 0.130 e. The highest BCUT2D eigenvalue weighted by Crippen LogP contribution is 2.24. The van der Waals surface area contributed by atoms with E-state index in [1.54, 1.807) is 0 Å². The van der Waals surface area contributed by atoms with Gasteiger partial charge in [-0.2, -0.15) is 0 Å². The number of halogens is 2. The van der Waals surface area contributed by atoms with Crippen molar-refractivity contribution in [3.05, 3.63) is 64.7 Å². The molecule has 0 radical (unpaired) electrons. The van der Waals surface area contributed by atoms with Gasteiger partial charge in [-0.1, -0.05) is 12.1 Å². The molecule has 2 aromatic carbocycles. The van der Waals surface area contributed by atoms with E-state index in [0.29, 0.717) is 6.54 Å². The fourth-order valence-electron chi connectivity index (χ4n) is 2.68. The summed E-state index contributed by atoms with van der Waals surface area (Å²) in [6.45, 7) is 1.76. The minimum absolute atomic E-state index is 0.139. The van der Waals surface area contributed by atoms with Crippen LogP contribution in [0.2, 0.25) is 0 Å². The number of nitrogens with zero attached hydrogens (tertiary/aromatic N) is 1. The Balaban J connectivity index is 1.81. The molecule has 3 rings (SSSR count). The second-order valence-corrected chi connectivity index (χ2v) is 5.19. The van der Waals surface area contributed by atoms with Gasteiger partial charge in [-0.05, 0) is 41.8 Å². The van der Waals surface area contributed by atoms with Crippen molar-refractivity contribution in [2.24, 2.45) is 0 Å². The van der Waals surface area contributed by atoms with Gasteiger partial charge in [-0.3, -0.25) is 4.90 Å². The number of benzene rings is 2. The standard InChI is InChI=1S/C16H16F2N2/c17-15-2-1-3-16(18)14(15)10-20-7-6-11-4-5-13(19)8-12(11)9-20/h1-5,8H,6-7,9-10,19H2.